The summed E-state index contributed by atoms with van der Waals surface area (Å²) in [5.41, 5.74) is 2.86. The number of pyridine rings is 1. The molecule has 0 spiro atoms. The van der Waals surface area contributed by atoms with Gasteiger partial charge in [0.15, 0.2) is 0 Å². The standard InChI is InChI=1S/C21H19ClN2O2/c1-25-19-12-15(13-20(14-19)26-2)5-6-16-4-3-11-23-21(16)24-18-9-7-17(22)8-10-18/h3-14H,1-2H3,(H,23,24)/b6-5+. The molecule has 1 aromatic heterocycles. The van der Waals surface area contributed by atoms with Gasteiger partial charge in [0.2, 0.25) is 0 Å². The largest absolute Gasteiger partial charge is 0.497 e. The van der Waals surface area contributed by atoms with Crippen molar-refractivity contribution >= 4 is 35.3 Å². The summed E-state index contributed by atoms with van der Waals surface area (Å²) in [7, 11) is 3.27. The summed E-state index contributed by atoms with van der Waals surface area (Å²) in [5.74, 6) is 2.25. The Morgan fingerprint density at radius 1 is 0.923 bits per heavy atom. The fraction of sp³-hybridized carbons (Fsp3) is 0.0952. The average molecular weight is 367 g/mol. The van der Waals surface area contributed by atoms with Crippen LogP contribution in [0.25, 0.3) is 12.2 Å². The van der Waals surface area contributed by atoms with E-state index in [-0.39, 0.29) is 0 Å². The Morgan fingerprint density at radius 2 is 1.62 bits per heavy atom. The van der Waals surface area contributed by atoms with E-state index in [9.17, 15) is 0 Å². The van der Waals surface area contributed by atoms with Crippen LogP contribution in [-0.2, 0) is 0 Å². The Balaban J connectivity index is 1.86. The highest BCUT2D eigenvalue weighted by Gasteiger charge is 2.03. The lowest BCUT2D eigenvalue weighted by Crippen LogP contribution is -1.95. The summed E-state index contributed by atoms with van der Waals surface area (Å²) < 4.78 is 10.6. The summed E-state index contributed by atoms with van der Waals surface area (Å²) in [5, 5.41) is 4.01. The van der Waals surface area contributed by atoms with E-state index in [4.69, 9.17) is 21.1 Å². The third-order valence-electron chi connectivity index (χ3n) is 3.77. The van der Waals surface area contributed by atoms with Crippen LogP contribution in [0.1, 0.15) is 11.1 Å². The number of anilines is 2. The maximum absolute atomic E-state index is 5.94. The van der Waals surface area contributed by atoms with E-state index in [1.54, 1.807) is 20.4 Å². The normalized spacial score (nSPS) is 10.7. The molecule has 0 aliphatic carbocycles. The first-order valence-electron chi connectivity index (χ1n) is 8.06. The van der Waals surface area contributed by atoms with E-state index in [0.717, 1.165) is 34.1 Å². The lowest BCUT2D eigenvalue weighted by atomic mass is 10.1. The summed E-state index contributed by atoms with van der Waals surface area (Å²) in [4.78, 5) is 4.43. The molecule has 1 heterocycles. The second kappa shape index (κ2) is 8.41. The summed E-state index contributed by atoms with van der Waals surface area (Å²) in [6.07, 6.45) is 5.75. The van der Waals surface area contributed by atoms with Gasteiger partial charge in [0.1, 0.15) is 17.3 Å². The first-order valence-corrected chi connectivity index (χ1v) is 8.44. The van der Waals surface area contributed by atoms with Crippen molar-refractivity contribution in [3.8, 4) is 11.5 Å². The Labute approximate surface area is 158 Å². The Kier molecular flexibility index (Phi) is 5.77. The van der Waals surface area contributed by atoms with Gasteiger partial charge < -0.3 is 14.8 Å². The number of benzene rings is 2. The molecule has 0 saturated carbocycles. The number of nitrogens with zero attached hydrogens (tertiary/aromatic N) is 1. The van der Waals surface area contributed by atoms with Crippen LogP contribution in [0.15, 0.2) is 60.8 Å². The molecular formula is C21H19ClN2O2. The molecule has 132 valence electrons. The quantitative estimate of drug-likeness (QED) is 0.610. The third-order valence-corrected chi connectivity index (χ3v) is 4.03. The van der Waals surface area contributed by atoms with Crippen LogP contribution in [0.5, 0.6) is 11.5 Å². The number of aromatic nitrogens is 1. The van der Waals surface area contributed by atoms with Crippen LogP contribution in [0.3, 0.4) is 0 Å². The number of methoxy groups -OCH3 is 2. The molecule has 3 rings (SSSR count). The Morgan fingerprint density at radius 3 is 2.27 bits per heavy atom. The number of hydrogen-bond acceptors (Lipinski definition) is 4. The molecule has 0 atom stereocenters. The molecule has 0 fully saturated rings. The van der Waals surface area contributed by atoms with Crippen molar-refractivity contribution < 1.29 is 9.47 Å². The number of rotatable bonds is 6. The maximum atomic E-state index is 5.94. The fourth-order valence-electron chi connectivity index (χ4n) is 2.44. The average Bonchev–Trinajstić information content (AvgIpc) is 2.68. The van der Waals surface area contributed by atoms with Crippen molar-refractivity contribution in [1.29, 1.82) is 0 Å². The van der Waals surface area contributed by atoms with Gasteiger partial charge in [0.05, 0.1) is 14.2 Å². The highest BCUT2D eigenvalue weighted by atomic mass is 35.5. The van der Waals surface area contributed by atoms with Gasteiger partial charge in [0, 0.05) is 28.5 Å². The molecule has 0 bridgehead atoms. The lowest BCUT2D eigenvalue weighted by molar-refractivity contribution is 0.394. The van der Waals surface area contributed by atoms with Crippen LogP contribution in [0.2, 0.25) is 5.02 Å². The smallest absolute Gasteiger partial charge is 0.137 e. The highest BCUT2D eigenvalue weighted by molar-refractivity contribution is 6.30. The van der Waals surface area contributed by atoms with Gasteiger partial charge in [-0.25, -0.2) is 4.98 Å². The molecular weight excluding hydrogens is 348 g/mol. The predicted molar refractivity (Wildman–Crippen MR) is 107 cm³/mol. The van der Waals surface area contributed by atoms with Crippen molar-refractivity contribution in [2.24, 2.45) is 0 Å². The lowest BCUT2D eigenvalue weighted by Gasteiger charge is -2.09. The van der Waals surface area contributed by atoms with Gasteiger partial charge in [-0.05, 0) is 54.1 Å². The molecule has 0 amide bonds. The maximum Gasteiger partial charge on any atom is 0.137 e. The minimum Gasteiger partial charge on any atom is -0.497 e. The van der Waals surface area contributed by atoms with E-state index in [0.29, 0.717) is 5.02 Å². The zero-order chi connectivity index (χ0) is 18.4. The van der Waals surface area contributed by atoms with Crippen molar-refractivity contribution in [3.05, 3.63) is 76.9 Å². The fourth-order valence-corrected chi connectivity index (χ4v) is 2.56. The number of hydrogen-bond donors (Lipinski definition) is 1. The molecule has 0 saturated heterocycles. The topological polar surface area (TPSA) is 43.4 Å². The van der Waals surface area contributed by atoms with Gasteiger partial charge in [-0.2, -0.15) is 0 Å². The van der Waals surface area contributed by atoms with E-state index < -0.39 is 0 Å². The van der Waals surface area contributed by atoms with Crippen LogP contribution in [0, 0.1) is 0 Å². The van der Waals surface area contributed by atoms with E-state index in [2.05, 4.69) is 10.3 Å². The van der Waals surface area contributed by atoms with Gasteiger partial charge in [-0.3, -0.25) is 0 Å². The summed E-state index contributed by atoms with van der Waals surface area (Å²) in [6.45, 7) is 0. The van der Waals surface area contributed by atoms with Crippen molar-refractivity contribution in [2.45, 2.75) is 0 Å². The minimum absolute atomic E-state index is 0.698. The monoisotopic (exact) mass is 366 g/mol. The number of halogens is 1. The Bertz CT molecular complexity index is 886. The molecule has 4 nitrogen and oxygen atoms in total. The second-order valence-corrected chi connectivity index (χ2v) is 5.99. The zero-order valence-corrected chi connectivity index (χ0v) is 15.3. The zero-order valence-electron chi connectivity index (χ0n) is 14.6. The van der Waals surface area contributed by atoms with E-state index >= 15 is 0 Å². The molecule has 2 aromatic carbocycles. The first-order chi connectivity index (χ1) is 12.7. The minimum atomic E-state index is 0.698. The molecule has 1 N–H and O–H groups in total. The van der Waals surface area contributed by atoms with Gasteiger partial charge in [0.25, 0.3) is 0 Å². The van der Waals surface area contributed by atoms with Gasteiger partial charge >= 0.3 is 0 Å². The van der Waals surface area contributed by atoms with E-state index in [1.807, 2.05) is 66.7 Å². The molecule has 0 aliphatic rings. The predicted octanol–water partition coefficient (Wildman–Crippen LogP) is 5.67. The van der Waals surface area contributed by atoms with Crippen LogP contribution in [-0.4, -0.2) is 19.2 Å². The van der Waals surface area contributed by atoms with Crippen LogP contribution in [0.4, 0.5) is 11.5 Å². The van der Waals surface area contributed by atoms with Crippen molar-refractivity contribution in [1.82, 2.24) is 4.98 Å². The van der Waals surface area contributed by atoms with Crippen molar-refractivity contribution in [2.75, 3.05) is 19.5 Å². The molecule has 3 aromatic rings. The Hall–Kier alpha value is -2.98. The third kappa shape index (κ3) is 4.55. The number of nitrogens with one attached hydrogen (secondary N) is 1. The van der Waals surface area contributed by atoms with Gasteiger partial charge in [-0.1, -0.05) is 23.8 Å². The molecule has 0 aliphatic heterocycles. The summed E-state index contributed by atoms with van der Waals surface area (Å²) >= 11 is 5.94. The highest BCUT2D eigenvalue weighted by Crippen LogP contribution is 2.25. The summed E-state index contributed by atoms with van der Waals surface area (Å²) in [6, 6.07) is 17.1. The van der Waals surface area contributed by atoms with Crippen LogP contribution < -0.4 is 14.8 Å². The van der Waals surface area contributed by atoms with E-state index in [1.165, 1.54) is 0 Å². The number of ether oxygens (including phenoxy) is 2. The molecule has 5 heteroatoms. The van der Waals surface area contributed by atoms with Gasteiger partial charge in [-0.15, -0.1) is 0 Å². The second-order valence-electron chi connectivity index (χ2n) is 5.55. The first kappa shape index (κ1) is 17.8. The SMILES string of the molecule is COc1cc(/C=C/c2cccnc2Nc2ccc(Cl)cc2)cc(OC)c1. The van der Waals surface area contributed by atoms with Crippen LogP contribution >= 0.6 is 11.6 Å². The van der Waals surface area contributed by atoms with Crippen molar-refractivity contribution in [3.63, 3.8) is 0 Å². The molecule has 26 heavy (non-hydrogen) atoms. The molecule has 0 radical (unpaired) electrons. The molecule has 0 unspecified atom stereocenters.